The Kier molecular flexibility index (Phi) is 4.74. The lowest BCUT2D eigenvalue weighted by Gasteiger charge is -2.38. The van der Waals surface area contributed by atoms with Gasteiger partial charge in [0, 0.05) is 19.2 Å². The molecule has 0 saturated carbocycles. The van der Waals surface area contributed by atoms with E-state index in [1.807, 2.05) is 0 Å². The number of nitrogens with two attached hydrogens (primary N) is 1. The van der Waals surface area contributed by atoms with Gasteiger partial charge in [-0.1, -0.05) is 0 Å². The van der Waals surface area contributed by atoms with Crippen molar-refractivity contribution in [2.45, 2.75) is 44.8 Å². The van der Waals surface area contributed by atoms with Crippen LogP contribution >= 0.6 is 0 Å². The molecule has 1 aliphatic heterocycles. The number of aromatic nitrogens is 1. The molecule has 0 radical (unpaired) electrons. The fourth-order valence-corrected chi connectivity index (χ4v) is 2.47. The first-order valence-corrected chi connectivity index (χ1v) is 7.39. The molecule has 0 aliphatic carbocycles. The maximum atomic E-state index is 13.7. The number of hydrogen-bond acceptors (Lipinski definition) is 5. The van der Waals surface area contributed by atoms with E-state index < -0.39 is 36.6 Å². The van der Waals surface area contributed by atoms with Crippen LogP contribution in [-0.4, -0.2) is 41.7 Å². The van der Waals surface area contributed by atoms with Gasteiger partial charge >= 0.3 is 6.09 Å². The second-order valence-electron chi connectivity index (χ2n) is 6.63. The van der Waals surface area contributed by atoms with Crippen molar-refractivity contribution in [2.24, 2.45) is 0 Å². The predicted octanol–water partition coefficient (Wildman–Crippen LogP) is 2.40. The molecule has 1 aromatic heterocycles. The maximum Gasteiger partial charge on any atom is 0.415 e. The van der Waals surface area contributed by atoms with Gasteiger partial charge in [-0.3, -0.25) is 9.88 Å². The number of nitrogens with one attached hydrogen (secondary N) is 1. The number of carbonyl (C=O) groups is 1. The number of pyridine rings is 1. The van der Waals surface area contributed by atoms with Crippen LogP contribution < -0.4 is 16.0 Å². The number of nitrogens with zero attached hydrogens (tertiary/aromatic N) is 2. The highest BCUT2D eigenvalue weighted by molar-refractivity contribution is 5.92. The van der Waals surface area contributed by atoms with Crippen LogP contribution in [0.3, 0.4) is 0 Å². The Balaban J connectivity index is 2.35. The minimum absolute atomic E-state index is 0.229. The van der Waals surface area contributed by atoms with Crippen LogP contribution in [0.15, 0.2) is 18.5 Å². The van der Waals surface area contributed by atoms with Gasteiger partial charge in [0.05, 0.1) is 30.2 Å². The molecule has 3 N–H and O–H groups in total. The summed E-state index contributed by atoms with van der Waals surface area (Å²) in [5.74, 6) is -2.90. The fourth-order valence-electron chi connectivity index (χ4n) is 2.47. The molecule has 0 spiro atoms. The molecule has 0 bridgehead atoms. The highest BCUT2D eigenvalue weighted by atomic mass is 19.3. The van der Waals surface area contributed by atoms with Crippen molar-refractivity contribution in [3.8, 4) is 0 Å². The summed E-state index contributed by atoms with van der Waals surface area (Å²) in [6, 6.07) is 0.754. The summed E-state index contributed by atoms with van der Waals surface area (Å²) in [5.41, 5.74) is 5.68. The van der Waals surface area contributed by atoms with Crippen LogP contribution in [0.25, 0.3) is 0 Å². The fraction of sp³-hybridized carbons (Fsp3) is 0.600. The van der Waals surface area contributed by atoms with Crippen molar-refractivity contribution in [3.63, 3.8) is 0 Å². The predicted molar refractivity (Wildman–Crippen MR) is 83.6 cm³/mol. The quantitative estimate of drug-likeness (QED) is 0.871. The van der Waals surface area contributed by atoms with Crippen LogP contribution in [-0.2, 0) is 4.74 Å². The Morgan fingerprint density at radius 2 is 2.22 bits per heavy atom. The highest BCUT2D eigenvalue weighted by Gasteiger charge is 2.42. The van der Waals surface area contributed by atoms with Crippen LogP contribution in [0.2, 0.25) is 0 Å². The SMILES string of the molecule is CC(C)(C)OC(=O)N(c1ccncc1N)C1CNCC(F)(F)C1. The van der Waals surface area contributed by atoms with Crippen molar-refractivity contribution in [1.82, 2.24) is 10.3 Å². The zero-order chi connectivity index (χ0) is 17.3. The second-order valence-corrected chi connectivity index (χ2v) is 6.63. The van der Waals surface area contributed by atoms with Crippen molar-refractivity contribution < 1.29 is 18.3 Å². The Morgan fingerprint density at radius 3 is 2.78 bits per heavy atom. The molecule has 6 nitrogen and oxygen atoms in total. The number of rotatable bonds is 2. The molecule has 1 atom stereocenters. The molecule has 1 aliphatic rings. The molecule has 1 saturated heterocycles. The Labute approximate surface area is 134 Å². The topological polar surface area (TPSA) is 80.5 Å². The second kappa shape index (κ2) is 6.27. The van der Waals surface area contributed by atoms with E-state index in [-0.39, 0.29) is 12.2 Å². The van der Waals surface area contributed by atoms with Crippen molar-refractivity contribution in [3.05, 3.63) is 18.5 Å². The third kappa shape index (κ3) is 4.51. The van der Waals surface area contributed by atoms with E-state index in [1.165, 1.54) is 23.4 Å². The highest BCUT2D eigenvalue weighted by Crippen LogP contribution is 2.32. The lowest BCUT2D eigenvalue weighted by atomic mass is 10.0. The zero-order valence-corrected chi connectivity index (χ0v) is 13.5. The summed E-state index contributed by atoms with van der Waals surface area (Å²) >= 11 is 0. The van der Waals surface area contributed by atoms with Gasteiger partial charge in [0.1, 0.15) is 5.60 Å². The van der Waals surface area contributed by atoms with Gasteiger partial charge in [-0.25, -0.2) is 13.6 Å². The largest absolute Gasteiger partial charge is 0.443 e. The lowest BCUT2D eigenvalue weighted by molar-refractivity contribution is -0.0283. The number of halogens is 2. The molecular weight excluding hydrogens is 306 g/mol. The third-order valence-electron chi connectivity index (χ3n) is 3.34. The molecule has 8 heteroatoms. The molecule has 128 valence electrons. The smallest absolute Gasteiger partial charge is 0.415 e. The molecule has 2 heterocycles. The molecule has 1 fully saturated rings. The van der Waals surface area contributed by atoms with Gasteiger partial charge in [0.15, 0.2) is 0 Å². The normalized spacial score (nSPS) is 20.8. The number of anilines is 2. The van der Waals surface area contributed by atoms with E-state index in [0.717, 1.165) is 0 Å². The van der Waals surface area contributed by atoms with Gasteiger partial charge < -0.3 is 15.8 Å². The van der Waals surface area contributed by atoms with Crippen molar-refractivity contribution >= 4 is 17.5 Å². The van der Waals surface area contributed by atoms with E-state index in [4.69, 9.17) is 10.5 Å². The van der Waals surface area contributed by atoms with Crippen LogP contribution in [0.5, 0.6) is 0 Å². The molecule has 0 aromatic carbocycles. The first-order chi connectivity index (χ1) is 10.6. The zero-order valence-electron chi connectivity index (χ0n) is 13.5. The maximum absolute atomic E-state index is 13.7. The summed E-state index contributed by atoms with van der Waals surface area (Å²) in [4.78, 5) is 17.6. The number of alkyl halides is 2. The van der Waals surface area contributed by atoms with Gasteiger partial charge in [0.25, 0.3) is 5.92 Å². The Bertz CT molecular complexity index is 575. The van der Waals surface area contributed by atoms with E-state index >= 15 is 0 Å². The molecule has 1 amide bonds. The van der Waals surface area contributed by atoms with E-state index in [1.54, 1.807) is 20.8 Å². The number of hydrogen-bond donors (Lipinski definition) is 2. The van der Waals surface area contributed by atoms with E-state index in [9.17, 15) is 13.6 Å². The minimum atomic E-state index is -2.90. The van der Waals surface area contributed by atoms with Gasteiger partial charge in [0.2, 0.25) is 0 Å². The van der Waals surface area contributed by atoms with Crippen LogP contribution in [0, 0.1) is 0 Å². The van der Waals surface area contributed by atoms with E-state index in [2.05, 4.69) is 10.3 Å². The first kappa shape index (κ1) is 17.4. The number of ether oxygens (including phenoxy) is 1. The molecule has 2 rings (SSSR count). The summed E-state index contributed by atoms with van der Waals surface area (Å²) in [7, 11) is 0. The molecular formula is C15H22F2N4O2. The summed E-state index contributed by atoms with van der Waals surface area (Å²) < 4.78 is 32.9. The number of piperidine rings is 1. The van der Waals surface area contributed by atoms with E-state index in [0.29, 0.717) is 5.69 Å². The lowest BCUT2D eigenvalue weighted by Crippen LogP contribution is -2.56. The summed E-state index contributed by atoms with van der Waals surface area (Å²) in [6.45, 7) is 4.97. The van der Waals surface area contributed by atoms with Gasteiger partial charge in [-0.05, 0) is 26.8 Å². The average molecular weight is 328 g/mol. The summed E-state index contributed by atoms with van der Waals surface area (Å²) in [5, 5.41) is 2.66. The Hall–Kier alpha value is -1.96. The third-order valence-corrected chi connectivity index (χ3v) is 3.34. The minimum Gasteiger partial charge on any atom is -0.443 e. The monoisotopic (exact) mass is 328 g/mol. The van der Waals surface area contributed by atoms with Crippen molar-refractivity contribution in [2.75, 3.05) is 23.7 Å². The number of amides is 1. The molecule has 23 heavy (non-hydrogen) atoms. The van der Waals surface area contributed by atoms with Crippen LogP contribution in [0.1, 0.15) is 27.2 Å². The first-order valence-electron chi connectivity index (χ1n) is 7.39. The summed E-state index contributed by atoms with van der Waals surface area (Å²) in [6.07, 6.45) is 1.67. The van der Waals surface area contributed by atoms with Gasteiger partial charge in [-0.2, -0.15) is 0 Å². The average Bonchev–Trinajstić information content (AvgIpc) is 2.38. The molecule has 1 unspecified atom stereocenters. The Morgan fingerprint density at radius 1 is 1.52 bits per heavy atom. The van der Waals surface area contributed by atoms with Gasteiger partial charge in [-0.15, -0.1) is 0 Å². The number of carbonyl (C=O) groups excluding carboxylic acids is 1. The standard InChI is InChI=1S/C15H22F2N4O2/c1-14(2,3)23-13(22)21(12-4-5-19-8-11(12)18)10-6-15(16,17)9-20-7-10/h4-5,8,10,20H,6-7,9,18H2,1-3H3. The van der Waals surface area contributed by atoms with Crippen molar-refractivity contribution in [1.29, 1.82) is 0 Å². The molecule has 1 aromatic rings. The van der Waals surface area contributed by atoms with Crippen LogP contribution in [0.4, 0.5) is 25.0 Å². The number of nitrogen functional groups attached to an aromatic ring is 1.